The van der Waals surface area contributed by atoms with E-state index < -0.39 is 51.0 Å². The molecule has 3 rings (SSSR count). The second-order valence-electron chi connectivity index (χ2n) is 8.44. The van der Waals surface area contributed by atoms with Crippen LogP contribution >= 0.6 is 0 Å². The minimum atomic E-state index is -4.98. The topological polar surface area (TPSA) is 86.7 Å². The molecular formula is C22H24F4N2O4S. The van der Waals surface area contributed by atoms with Crippen molar-refractivity contribution in [2.75, 3.05) is 6.54 Å². The first-order valence-electron chi connectivity index (χ1n) is 10.2. The van der Waals surface area contributed by atoms with Crippen LogP contribution in [0, 0.1) is 11.6 Å². The van der Waals surface area contributed by atoms with Crippen LogP contribution in [0.25, 0.3) is 11.1 Å². The number of halogens is 4. The lowest BCUT2D eigenvalue weighted by Crippen LogP contribution is -2.53. The van der Waals surface area contributed by atoms with Crippen LogP contribution in [0.2, 0.25) is 0 Å². The van der Waals surface area contributed by atoms with Gasteiger partial charge in [0, 0.05) is 18.2 Å². The van der Waals surface area contributed by atoms with Crippen molar-refractivity contribution >= 4 is 15.9 Å². The third kappa shape index (κ3) is 5.53. The number of carbonyl (C=O) groups is 1. The lowest BCUT2D eigenvalue weighted by atomic mass is 9.95. The number of sulfonamides is 1. The molecule has 1 saturated heterocycles. The third-order valence-corrected chi connectivity index (χ3v) is 6.62. The molecule has 6 nitrogen and oxygen atoms in total. The Morgan fingerprint density at radius 1 is 1.21 bits per heavy atom. The molecule has 33 heavy (non-hydrogen) atoms. The molecule has 1 aliphatic heterocycles. The first-order chi connectivity index (χ1) is 15.3. The molecule has 2 N–H and O–H groups in total. The van der Waals surface area contributed by atoms with Crippen LogP contribution < -0.4 is 4.72 Å². The molecule has 1 aliphatic rings. The maximum absolute atomic E-state index is 15.4. The molecule has 0 radical (unpaired) electrons. The predicted octanol–water partition coefficient (Wildman–Crippen LogP) is 3.06. The summed E-state index contributed by atoms with van der Waals surface area (Å²) in [5.74, 6) is -5.68. The van der Waals surface area contributed by atoms with E-state index in [1.807, 2.05) is 4.72 Å². The molecule has 0 saturated carbocycles. The normalized spacial score (nSPS) is 19.3. The van der Waals surface area contributed by atoms with Gasteiger partial charge in [0.2, 0.25) is 0 Å². The Morgan fingerprint density at radius 2 is 1.88 bits per heavy atom. The Morgan fingerprint density at radius 3 is 2.48 bits per heavy atom. The molecule has 2 aromatic rings. The summed E-state index contributed by atoms with van der Waals surface area (Å²) in [6.07, 6.45) is -0.211. The summed E-state index contributed by atoms with van der Waals surface area (Å²) in [5.41, 5.74) is -1.36. The summed E-state index contributed by atoms with van der Waals surface area (Å²) >= 11 is 0. The van der Waals surface area contributed by atoms with Gasteiger partial charge < -0.3 is 10.0 Å². The van der Waals surface area contributed by atoms with E-state index in [9.17, 15) is 31.5 Å². The van der Waals surface area contributed by atoms with E-state index in [4.69, 9.17) is 0 Å². The minimum Gasteiger partial charge on any atom is -0.381 e. The van der Waals surface area contributed by atoms with E-state index in [1.165, 1.54) is 55.1 Å². The summed E-state index contributed by atoms with van der Waals surface area (Å²) in [5, 5.41) is 10.2. The summed E-state index contributed by atoms with van der Waals surface area (Å²) in [6.45, 7) is 2.47. The zero-order chi connectivity index (χ0) is 24.6. The molecule has 11 heteroatoms. The van der Waals surface area contributed by atoms with Gasteiger partial charge in [-0.1, -0.05) is 30.3 Å². The van der Waals surface area contributed by atoms with Crippen molar-refractivity contribution in [3.05, 3.63) is 59.7 Å². The zero-order valence-corrected chi connectivity index (χ0v) is 18.8. The second kappa shape index (κ2) is 9.40. The van der Waals surface area contributed by atoms with Gasteiger partial charge >= 0.3 is 5.76 Å². The van der Waals surface area contributed by atoms with Crippen molar-refractivity contribution in [2.24, 2.45) is 0 Å². The fraction of sp³-hybridized carbons (Fsp3) is 0.409. The summed E-state index contributed by atoms with van der Waals surface area (Å²) in [7, 11) is -4.98. The van der Waals surface area contributed by atoms with Crippen molar-refractivity contribution in [3.8, 4) is 11.1 Å². The van der Waals surface area contributed by atoms with Crippen molar-refractivity contribution < 1.29 is 35.9 Å². The third-order valence-electron chi connectivity index (χ3n) is 5.52. The number of carbonyl (C=O) groups excluding carboxylic acids is 1. The number of likely N-dealkylation sites (tertiary alicyclic amines) is 1. The number of benzene rings is 2. The first-order valence-corrected chi connectivity index (χ1v) is 11.7. The summed E-state index contributed by atoms with van der Waals surface area (Å²) in [4.78, 5) is 13.9. The number of nitrogens with zero attached hydrogens (tertiary/aromatic N) is 1. The highest BCUT2D eigenvalue weighted by molar-refractivity contribution is 7.89. The molecule has 1 fully saturated rings. The van der Waals surface area contributed by atoms with Crippen molar-refractivity contribution in [3.63, 3.8) is 0 Å². The van der Waals surface area contributed by atoms with Crippen molar-refractivity contribution in [2.45, 2.75) is 50.1 Å². The van der Waals surface area contributed by atoms with Gasteiger partial charge in [-0.05, 0) is 49.9 Å². The fourth-order valence-corrected chi connectivity index (χ4v) is 4.75. The lowest BCUT2D eigenvalue weighted by Gasteiger charge is -2.32. The molecule has 0 unspecified atom stereocenters. The standard InChI is InChI=1S/C22H24F4N2O4S/c1-22(2,30)20(29)28-10-9-17(27-33(31,32)21(25)26)18(28)12-14-6-4-8-16(19(14)24)13-5-3-7-15(23)11-13/h3-8,11,17-18,21,27,30H,9-10,12H2,1-2H3/t17-,18-/m0/s1. The number of aliphatic hydroxyl groups is 1. The van der Waals surface area contributed by atoms with Crippen LogP contribution in [0.3, 0.4) is 0 Å². The van der Waals surface area contributed by atoms with E-state index in [0.717, 1.165) is 6.07 Å². The monoisotopic (exact) mass is 488 g/mol. The van der Waals surface area contributed by atoms with Crippen LogP contribution in [-0.2, 0) is 21.2 Å². The van der Waals surface area contributed by atoms with Gasteiger partial charge in [0.15, 0.2) is 0 Å². The smallest absolute Gasteiger partial charge is 0.350 e. The Hall–Kier alpha value is -2.50. The molecule has 2 atom stereocenters. The molecule has 2 aromatic carbocycles. The molecular weight excluding hydrogens is 464 g/mol. The van der Waals surface area contributed by atoms with Crippen LogP contribution in [0.1, 0.15) is 25.8 Å². The predicted molar refractivity (Wildman–Crippen MR) is 114 cm³/mol. The molecule has 0 spiro atoms. The van der Waals surface area contributed by atoms with Gasteiger partial charge in [-0.15, -0.1) is 0 Å². The van der Waals surface area contributed by atoms with Crippen molar-refractivity contribution in [1.29, 1.82) is 0 Å². The highest BCUT2D eigenvalue weighted by Gasteiger charge is 2.44. The lowest BCUT2D eigenvalue weighted by molar-refractivity contribution is -0.148. The summed E-state index contributed by atoms with van der Waals surface area (Å²) in [6, 6.07) is 7.54. The molecule has 0 aliphatic carbocycles. The number of hydrogen-bond acceptors (Lipinski definition) is 4. The van der Waals surface area contributed by atoms with Gasteiger partial charge in [0.25, 0.3) is 15.9 Å². The van der Waals surface area contributed by atoms with E-state index in [-0.39, 0.29) is 36.1 Å². The number of rotatable bonds is 7. The molecule has 0 aromatic heterocycles. The molecule has 0 bridgehead atoms. The molecule has 1 amide bonds. The van der Waals surface area contributed by atoms with Gasteiger partial charge in [-0.25, -0.2) is 21.9 Å². The van der Waals surface area contributed by atoms with Gasteiger partial charge in [0.1, 0.15) is 17.2 Å². The van der Waals surface area contributed by atoms with Crippen LogP contribution in [0.5, 0.6) is 0 Å². The quantitative estimate of drug-likeness (QED) is 0.587. The van der Waals surface area contributed by atoms with Crippen LogP contribution in [0.4, 0.5) is 17.6 Å². The maximum atomic E-state index is 15.4. The van der Waals surface area contributed by atoms with E-state index in [1.54, 1.807) is 0 Å². The number of alkyl halides is 2. The van der Waals surface area contributed by atoms with Crippen LogP contribution in [0.15, 0.2) is 42.5 Å². The maximum Gasteiger partial charge on any atom is 0.350 e. The number of nitrogens with one attached hydrogen (secondary N) is 1. The Balaban J connectivity index is 1.98. The SMILES string of the molecule is CC(C)(O)C(=O)N1CC[C@H](NS(=O)(=O)C(F)F)[C@@H]1Cc1cccc(-c2cccc(F)c2)c1F. The largest absolute Gasteiger partial charge is 0.381 e. The fourth-order valence-electron chi connectivity index (χ4n) is 3.95. The van der Waals surface area contributed by atoms with Gasteiger partial charge in [-0.3, -0.25) is 4.79 Å². The van der Waals surface area contributed by atoms with Gasteiger partial charge in [-0.2, -0.15) is 8.78 Å². The van der Waals surface area contributed by atoms with E-state index in [2.05, 4.69) is 0 Å². The Labute approximate surface area is 189 Å². The molecule has 1 heterocycles. The highest BCUT2D eigenvalue weighted by atomic mass is 32.2. The second-order valence-corrected chi connectivity index (χ2v) is 10.1. The van der Waals surface area contributed by atoms with E-state index in [0.29, 0.717) is 0 Å². The van der Waals surface area contributed by atoms with Gasteiger partial charge in [0.05, 0.1) is 6.04 Å². The number of amides is 1. The van der Waals surface area contributed by atoms with E-state index >= 15 is 4.39 Å². The first kappa shape index (κ1) is 25.1. The van der Waals surface area contributed by atoms with Crippen LogP contribution in [-0.4, -0.2) is 54.3 Å². The van der Waals surface area contributed by atoms with Crippen molar-refractivity contribution in [1.82, 2.24) is 9.62 Å². The zero-order valence-electron chi connectivity index (χ0n) is 17.9. The average molecular weight is 489 g/mol. The minimum absolute atomic E-state index is 0.00361. The molecule has 180 valence electrons. The number of hydrogen-bond donors (Lipinski definition) is 2. The Kier molecular flexibility index (Phi) is 7.15. The summed E-state index contributed by atoms with van der Waals surface area (Å²) < 4.78 is 80.3. The average Bonchev–Trinajstić information content (AvgIpc) is 3.09. The highest BCUT2D eigenvalue weighted by Crippen LogP contribution is 2.30. The Bertz CT molecular complexity index is 1140.